The zero-order chi connectivity index (χ0) is 16.2. The minimum Gasteiger partial charge on any atom is -0.497 e. The maximum Gasteiger partial charge on any atom is 0.127 e. The Morgan fingerprint density at radius 3 is 2.04 bits per heavy atom. The highest BCUT2D eigenvalue weighted by Crippen LogP contribution is 2.27. The maximum atomic E-state index is 12.9. The smallest absolute Gasteiger partial charge is 0.127 e. The van der Waals surface area contributed by atoms with Crippen molar-refractivity contribution < 1.29 is 13.9 Å². The van der Waals surface area contributed by atoms with Crippen LogP contribution in [0.4, 0.5) is 4.39 Å². The van der Waals surface area contributed by atoms with Crippen molar-refractivity contribution in [2.75, 3.05) is 7.11 Å². The van der Waals surface area contributed by atoms with Crippen LogP contribution < -0.4 is 9.47 Å². The largest absolute Gasteiger partial charge is 0.497 e. The lowest BCUT2D eigenvalue weighted by atomic mass is 10.1. The van der Waals surface area contributed by atoms with Crippen LogP contribution in [-0.2, 0) is 0 Å². The summed E-state index contributed by atoms with van der Waals surface area (Å²) in [7, 11) is 1.64. The molecule has 0 saturated carbocycles. The Morgan fingerprint density at radius 2 is 1.43 bits per heavy atom. The second kappa shape index (κ2) is 6.48. The van der Waals surface area contributed by atoms with Crippen molar-refractivity contribution in [3.05, 3.63) is 72.2 Å². The van der Waals surface area contributed by atoms with Crippen molar-refractivity contribution in [2.24, 2.45) is 0 Å². The lowest BCUT2D eigenvalue weighted by Gasteiger charge is -2.08. The van der Waals surface area contributed by atoms with Crippen LogP contribution in [0.2, 0.25) is 0 Å². The van der Waals surface area contributed by atoms with Crippen molar-refractivity contribution in [3.63, 3.8) is 0 Å². The molecule has 23 heavy (non-hydrogen) atoms. The fraction of sp³-hybridized carbons (Fsp3) is 0.105. The number of pyridine rings is 1. The van der Waals surface area contributed by atoms with E-state index in [1.807, 2.05) is 43.3 Å². The van der Waals surface area contributed by atoms with E-state index < -0.39 is 0 Å². The molecule has 3 aromatic rings. The van der Waals surface area contributed by atoms with E-state index in [1.54, 1.807) is 19.2 Å². The molecule has 3 rings (SSSR count). The standard InChI is InChI=1S/C19H16FNO2/c1-13-11-18(22-2)12-19(21-13)14-3-7-16(8-4-14)23-17-9-5-15(20)6-10-17/h3-12H,1-2H3. The van der Waals surface area contributed by atoms with Gasteiger partial charge in [0.2, 0.25) is 0 Å². The third-order valence-corrected chi connectivity index (χ3v) is 3.36. The van der Waals surface area contributed by atoms with E-state index in [-0.39, 0.29) is 5.82 Å². The lowest BCUT2D eigenvalue weighted by Crippen LogP contribution is -1.91. The summed E-state index contributed by atoms with van der Waals surface area (Å²) in [6.45, 7) is 1.93. The first-order valence-electron chi connectivity index (χ1n) is 7.20. The van der Waals surface area contributed by atoms with Crippen LogP contribution in [-0.4, -0.2) is 12.1 Å². The molecule has 0 radical (unpaired) electrons. The summed E-state index contributed by atoms with van der Waals surface area (Å²) in [6.07, 6.45) is 0. The molecular formula is C19H16FNO2. The summed E-state index contributed by atoms with van der Waals surface area (Å²) < 4.78 is 23.8. The molecular weight excluding hydrogens is 293 g/mol. The van der Waals surface area contributed by atoms with E-state index in [1.165, 1.54) is 12.1 Å². The van der Waals surface area contributed by atoms with Crippen molar-refractivity contribution in [2.45, 2.75) is 6.92 Å². The molecule has 0 aliphatic rings. The molecule has 0 amide bonds. The average Bonchev–Trinajstić information content (AvgIpc) is 2.57. The van der Waals surface area contributed by atoms with Gasteiger partial charge >= 0.3 is 0 Å². The van der Waals surface area contributed by atoms with Gasteiger partial charge in [0.15, 0.2) is 0 Å². The lowest BCUT2D eigenvalue weighted by molar-refractivity contribution is 0.414. The Labute approximate surface area is 134 Å². The van der Waals surface area contributed by atoms with Gasteiger partial charge in [-0.15, -0.1) is 0 Å². The second-order valence-electron chi connectivity index (χ2n) is 5.11. The van der Waals surface area contributed by atoms with E-state index in [9.17, 15) is 4.39 Å². The molecule has 0 aliphatic heterocycles. The Hall–Kier alpha value is -2.88. The number of ether oxygens (including phenoxy) is 2. The van der Waals surface area contributed by atoms with Gasteiger partial charge in [0.25, 0.3) is 0 Å². The van der Waals surface area contributed by atoms with Crippen LogP contribution in [0.15, 0.2) is 60.7 Å². The van der Waals surface area contributed by atoms with Crippen LogP contribution in [0.5, 0.6) is 17.2 Å². The molecule has 2 aromatic carbocycles. The first-order valence-corrected chi connectivity index (χ1v) is 7.20. The van der Waals surface area contributed by atoms with Gasteiger partial charge in [0.1, 0.15) is 23.1 Å². The van der Waals surface area contributed by atoms with Gasteiger partial charge in [-0.25, -0.2) is 4.39 Å². The summed E-state index contributed by atoms with van der Waals surface area (Å²) in [5, 5.41) is 0. The predicted molar refractivity (Wildman–Crippen MR) is 87.4 cm³/mol. The molecule has 3 nitrogen and oxygen atoms in total. The molecule has 116 valence electrons. The van der Waals surface area contributed by atoms with E-state index in [0.717, 1.165) is 22.7 Å². The van der Waals surface area contributed by atoms with Crippen molar-refractivity contribution in [1.82, 2.24) is 4.98 Å². The zero-order valence-electron chi connectivity index (χ0n) is 12.9. The maximum absolute atomic E-state index is 12.9. The van der Waals surface area contributed by atoms with Gasteiger partial charge in [-0.3, -0.25) is 4.98 Å². The summed E-state index contributed by atoms with van der Waals surface area (Å²) in [6, 6.07) is 17.3. The van der Waals surface area contributed by atoms with E-state index in [2.05, 4.69) is 4.98 Å². The van der Waals surface area contributed by atoms with E-state index in [4.69, 9.17) is 9.47 Å². The SMILES string of the molecule is COc1cc(C)nc(-c2ccc(Oc3ccc(F)cc3)cc2)c1. The van der Waals surface area contributed by atoms with Gasteiger partial charge in [-0.1, -0.05) is 0 Å². The van der Waals surface area contributed by atoms with Gasteiger partial charge < -0.3 is 9.47 Å². The number of nitrogens with zero attached hydrogens (tertiary/aromatic N) is 1. The van der Waals surface area contributed by atoms with Gasteiger partial charge in [-0.2, -0.15) is 0 Å². The third-order valence-electron chi connectivity index (χ3n) is 3.36. The van der Waals surface area contributed by atoms with Crippen LogP contribution in [0.1, 0.15) is 5.69 Å². The quantitative estimate of drug-likeness (QED) is 0.680. The summed E-state index contributed by atoms with van der Waals surface area (Å²) in [5.41, 5.74) is 2.71. The highest BCUT2D eigenvalue weighted by molar-refractivity contribution is 5.62. The molecule has 0 fully saturated rings. The van der Waals surface area contributed by atoms with Gasteiger partial charge in [-0.05, 0) is 55.5 Å². The first kappa shape index (κ1) is 15.0. The van der Waals surface area contributed by atoms with Crippen LogP contribution in [0.25, 0.3) is 11.3 Å². The highest BCUT2D eigenvalue weighted by Gasteiger charge is 2.05. The number of aromatic nitrogens is 1. The summed E-state index contributed by atoms with van der Waals surface area (Å²) >= 11 is 0. The fourth-order valence-electron chi connectivity index (χ4n) is 2.24. The molecule has 1 aromatic heterocycles. The molecule has 0 saturated heterocycles. The third kappa shape index (κ3) is 3.66. The van der Waals surface area contributed by atoms with E-state index >= 15 is 0 Å². The molecule has 1 heterocycles. The number of aryl methyl sites for hydroxylation is 1. The summed E-state index contributed by atoms with van der Waals surface area (Å²) in [4.78, 5) is 4.51. The Kier molecular flexibility index (Phi) is 4.24. The van der Waals surface area contributed by atoms with Crippen molar-refractivity contribution in [1.29, 1.82) is 0 Å². The molecule has 0 aliphatic carbocycles. The molecule has 0 spiro atoms. The van der Waals surface area contributed by atoms with Crippen LogP contribution in [0.3, 0.4) is 0 Å². The van der Waals surface area contributed by atoms with Crippen LogP contribution >= 0.6 is 0 Å². The number of hydrogen-bond acceptors (Lipinski definition) is 3. The monoisotopic (exact) mass is 309 g/mol. The van der Waals surface area contributed by atoms with Gasteiger partial charge in [0.05, 0.1) is 12.8 Å². The van der Waals surface area contributed by atoms with E-state index in [0.29, 0.717) is 11.5 Å². The topological polar surface area (TPSA) is 31.4 Å². The Bertz CT molecular complexity index is 799. The Balaban J connectivity index is 1.81. The number of benzene rings is 2. The zero-order valence-corrected chi connectivity index (χ0v) is 12.9. The number of methoxy groups -OCH3 is 1. The average molecular weight is 309 g/mol. The minimum absolute atomic E-state index is 0.285. The summed E-state index contributed by atoms with van der Waals surface area (Å²) in [5.74, 6) is 1.76. The number of rotatable bonds is 4. The Morgan fingerprint density at radius 1 is 0.826 bits per heavy atom. The van der Waals surface area contributed by atoms with Crippen molar-refractivity contribution in [3.8, 4) is 28.5 Å². The van der Waals surface area contributed by atoms with Crippen molar-refractivity contribution >= 4 is 0 Å². The second-order valence-corrected chi connectivity index (χ2v) is 5.11. The normalized spacial score (nSPS) is 10.4. The molecule has 0 N–H and O–H groups in total. The fourth-order valence-corrected chi connectivity index (χ4v) is 2.24. The molecule has 4 heteroatoms. The number of halogens is 1. The predicted octanol–water partition coefficient (Wildman–Crippen LogP) is 5.00. The van der Waals surface area contributed by atoms with Gasteiger partial charge in [0, 0.05) is 23.4 Å². The first-order chi connectivity index (χ1) is 11.1. The molecule has 0 atom stereocenters. The van der Waals surface area contributed by atoms with Crippen LogP contribution in [0, 0.1) is 12.7 Å². The minimum atomic E-state index is -0.285. The molecule has 0 unspecified atom stereocenters. The number of hydrogen-bond donors (Lipinski definition) is 0. The molecule has 0 bridgehead atoms. The highest BCUT2D eigenvalue weighted by atomic mass is 19.1.